The van der Waals surface area contributed by atoms with Gasteiger partial charge in [-0.1, -0.05) is 107 Å². The molecule has 0 heterocycles. The Morgan fingerprint density at radius 1 is 0.446 bits per heavy atom. The lowest BCUT2D eigenvalue weighted by molar-refractivity contribution is 0.474. The first-order chi connectivity index (χ1) is 26.4. The molecular formula is C40H44N4O8S4. The molecule has 0 aliphatic carbocycles. The third-order valence-electron chi connectivity index (χ3n) is 8.21. The van der Waals surface area contributed by atoms with E-state index in [1.165, 1.54) is 60.7 Å². The van der Waals surface area contributed by atoms with Gasteiger partial charge in [-0.25, -0.2) is 38.4 Å². The molecule has 0 radical (unpaired) electrons. The summed E-state index contributed by atoms with van der Waals surface area (Å²) in [5, 5.41) is 0. The van der Waals surface area contributed by atoms with Gasteiger partial charge in [0.15, 0.2) is 0 Å². The minimum atomic E-state index is -4.12. The molecule has 2 N–H and O–H groups in total. The molecule has 0 unspecified atom stereocenters. The van der Waals surface area contributed by atoms with E-state index in [1.807, 2.05) is 27.7 Å². The standard InChI is InChI=1S/C40H44N4O8S4/c1-33-11-19-37(20-12-33)53(45,46)41-27-5-7-29-43(55(49,50)39-23-15-35(3)16-24-39)31-9-10-32-44(56(51,52)40-25-17-36(4)18-26-40)30-8-6-28-42-54(47,48)38-21-13-34(2)14-22-38/h5,7,11-26,41-42H,27-32H2,1-4H3/b7-5+. The first kappa shape index (κ1) is 44.1. The molecule has 4 aromatic carbocycles. The first-order valence-corrected chi connectivity index (χ1v) is 23.1. The van der Waals surface area contributed by atoms with E-state index in [2.05, 4.69) is 33.1 Å². The van der Waals surface area contributed by atoms with Crippen LogP contribution in [0.1, 0.15) is 22.3 Å². The van der Waals surface area contributed by atoms with Crippen molar-refractivity contribution in [2.45, 2.75) is 47.3 Å². The largest absolute Gasteiger partial charge is 0.244 e. The van der Waals surface area contributed by atoms with Crippen LogP contribution in [0.25, 0.3) is 0 Å². The predicted molar refractivity (Wildman–Crippen MR) is 217 cm³/mol. The summed E-state index contributed by atoms with van der Waals surface area (Å²) in [5.74, 6) is 10.9. The fraction of sp³-hybridized carbons (Fsp3) is 0.250. The smallest absolute Gasteiger partial charge is 0.207 e. The molecule has 12 nitrogen and oxygen atoms in total. The zero-order valence-electron chi connectivity index (χ0n) is 31.4. The van der Waals surface area contributed by atoms with Crippen molar-refractivity contribution >= 4 is 40.1 Å². The maximum Gasteiger partial charge on any atom is 0.244 e. The minimum absolute atomic E-state index is 0.00140. The van der Waals surface area contributed by atoms with E-state index in [0.717, 1.165) is 30.9 Å². The zero-order valence-corrected chi connectivity index (χ0v) is 34.7. The van der Waals surface area contributed by atoms with Crippen LogP contribution in [0, 0.1) is 51.4 Å². The van der Waals surface area contributed by atoms with E-state index < -0.39 is 40.1 Å². The lowest BCUT2D eigenvalue weighted by Crippen LogP contribution is -2.33. The van der Waals surface area contributed by atoms with Gasteiger partial charge in [-0.3, -0.25) is 0 Å². The van der Waals surface area contributed by atoms with Crippen molar-refractivity contribution in [3.05, 3.63) is 131 Å². The van der Waals surface area contributed by atoms with Crippen LogP contribution in [0.4, 0.5) is 0 Å². The van der Waals surface area contributed by atoms with Gasteiger partial charge in [0.05, 0.1) is 45.8 Å². The minimum Gasteiger partial charge on any atom is -0.207 e. The summed E-state index contributed by atoms with van der Waals surface area (Å²) < 4.78 is 112. The van der Waals surface area contributed by atoms with Crippen molar-refractivity contribution in [2.24, 2.45) is 0 Å². The SMILES string of the molecule is Cc1ccc(S(=O)(=O)NCC#CCN(CC#CCN(C/C=C/CNS(=O)(=O)c2ccc(C)cc2)S(=O)(=O)c2ccc(C)cc2)S(=O)(=O)c2ccc(C)cc2)cc1. The van der Waals surface area contributed by atoms with Crippen molar-refractivity contribution in [3.8, 4) is 23.7 Å². The Bertz CT molecular complexity index is 2570. The molecule has 4 rings (SSSR count). The lowest BCUT2D eigenvalue weighted by Gasteiger charge is -2.19. The van der Waals surface area contributed by atoms with E-state index in [-0.39, 0.29) is 58.9 Å². The molecule has 0 saturated heterocycles. The first-order valence-electron chi connectivity index (χ1n) is 17.2. The number of aryl methyl sites for hydroxylation is 4. The summed E-state index contributed by atoms with van der Waals surface area (Å²) in [6.45, 7) is 5.79. The zero-order chi connectivity index (χ0) is 41.0. The number of hydrogen-bond acceptors (Lipinski definition) is 8. The van der Waals surface area contributed by atoms with Crippen LogP contribution >= 0.6 is 0 Å². The van der Waals surface area contributed by atoms with E-state index in [4.69, 9.17) is 0 Å². The third kappa shape index (κ3) is 12.4. The predicted octanol–water partition coefficient (Wildman–Crippen LogP) is 4.12. The van der Waals surface area contributed by atoms with Crippen LogP contribution in [0.5, 0.6) is 0 Å². The van der Waals surface area contributed by atoms with E-state index in [1.54, 1.807) is 48.5 Å². The van der Waals surface area contributed by atoms with Gasteiger partial charge < -0.3 is 0 Å². The van der Waals surface area contributed by atoms with Crippen LogP contribution in [-0.4, -0.2) is 81.6 Å². The molecule has 4 aromatic rings. The Morgan fingerprint density at radius 2 is 0.786 bits per heavy atom. The van der Waals surface area contributed by atoms with Gasteiger partial charge in [-0.05, 0) is 76.2 Å². The fourth-order valence-electron chi connectivity index (χ4n) is 4.85. The second kappa shape index (κ2) is 19.5. The second-order valence-corrected chi connectivity index (χ2v) is 20.1. The molecule has 0 saturated carbocycles. The third-order valence-corrected chi connectivity index (χ3v) is 14.7. The molecule has 0 spiro atoms. The number of hydrogen-bond donors (Lipinski definition) is 2. The Kier molecular flexibility index (Phi) is 15.4. The number of nitrogens with one attached hydrogen (secondary N) is 2. The Hall–Kier alpha value is -4.62. The maximum absolute atomic E-state index is 13.7. The highest BCUT2D eigenvalue weighted by molar-refractivity contribution is 7.90. The van der Waals surface area contributed by atoms with Gasteiger partial charge in [0, 0.05) is 13.1 Å². The van der Waals surface area contributed by atoms with Crippen molar-refractivity contribution < 1.29 is 33.7 Å². The van der Waals surface area contributed by atoms with E-state index in [9.17, 15) is 33.7 Å². The molecule has 0 fully saturated rings. The summed E-state index contributed by atoms with van der Waals surface area (Å²) >= 11 is 0. The molecule has 296 valence electrons. The van der Waals surface area contributed by atoms with Crippen molar-refractivity contribution in [2.75, 3.05) is 39.3 Å². The monoisotopic (exact) mass is 836 g/mol. The molecule has 56 heavy (non-hydrogen) atoms. The van der Waals surface area contributed by atoms with Crippen LogP contribution in [-0.2, 0) is 40.1 Å². The number of nitrogens with zero attached hydrogens (tertiary/aromatic N) is 2. The van der Waals surface area contributed by atoms with Crippen LogP contribution in [0.3, 0.4) is 0 Å². The average Bonchev–Trinajstić information content (AvgIpc) is 3.15. The average molecular weight is 837 g/mol. The summed E-state index contributed by atoms with van der Waals surface area (Å²) in [6, 6.07) is 25.1. The highest BCUT2D eigenvalue weighted by Gasteiger charge is 2.25. The van der Waals surface area contributed by atoms with Crippen LogP contribution in [0.15, 0.2) is 129 Å². The second-order valence-electron chi connectivity index (χ2n) is 12.7. The molecule has 0 aromatic heterocycles. The van der Waals surface area contributed by atoms with Gasteiger partial charge in [0.25, 0.3) is 0 Å². The van der Waals surface area contributed by atoms with Gasteiger partial charge in [0.1, 0.15) is 0 Å². The molecule has 0 bridgehead atoms. The Labute approximate surface area is 331 Å². The number of sulfonamides is 4. The van der Waals surface area contributed by atoms with Crippen LogP contribution < -0.4 is 9.44 Å². The number of benzene rings is 4. The van der Waals surface area contributed by atoms with Crippen molar-refractivity contribution in [1.82, 2.24) is 18.1 Å². The maximum atomic E-state index is 13.7. The van der Waals surface area contributed by atoms with E-state index in [0.29, 0.717) is 0 Å². The van der Waals surface area contributed by atoms with Gasteiger partial charge in [0.2, 0.25) is 40.1 Å². The lowest BCUT2D eigenvalue weighted by atomic mass is 10.2. The molecule has 0 amide bonds. The summed E-state index contributed by atoms with van der Waals surface area (Å²) in [6.07, 6.45) is 2.99. The van der Waals surface area contributed by atoms with E-state index >= 15 is 0 Å². The molecule has 0 aliphatic heterocycles. The quantitative estimate of drug-likeness (QED) is 0.126. The van der Waals surface area contributed by atoms with Gasteiger partial charge in [-0.2, -0.15) is 13.3 Å². The summed E-state index contributed by atoms with van der Waals surface area (Å²) in [7, 11) is -15.8. The normalized spacial score (nSPS) is 12.3. The molecule has 16 heteroatoms. The molecular weight excluding hydrogens is 793 g/mol. The Balaban J connectivity index is 1.51. The fourth-order valence-corrected chi connectivity index (χ4v) is 9.29. The van der Waals surface area contributed by atoms with Crippen molar-refractivity contribution in [1.29, 1.82) is 0 Å². The van der Waals surface area contributed by atoms with Crippen LogP contribution in [0.2, 0.25) is 0 Å². The summed E-state index contributed by atoms with van der Waals surface area (Å²) in [4.78, 5) is 0.191. The molecule has 0 aliphatic rings. The van der Waals surface area contributed by atoms with Gasteiger partial charge in [-0.15, -0.1) is 0 Å². The summed E-state index contributed by atoms with van der Waals surface area (Å²) in [5.41, 5.74) is 3.52. The Morgan fingerprint density at radius 3 is 1.21 bits per heavy atom. The highest BCUT2D eigenvalue weighted by atomic mass is 32.2. The highest BCUT2D eigenvalue weighted by Crippen LogP contribution is 2.18. The topological polar surface area (TPSA) is 167 Å². The van der Waals surface area contributed by atoms with Gasteiger partial charge >= 0.3 is 0 Å². The number of rotatable bonds is 16. The van der Waals surface area contributed by atoms with Crippen molar-refractivity contribution in [3.63, 3.8) is 0 Å². The molecule has 0 atom stereocenters.